The Labute approximate surface area is 134 Å². The van der Waals surface area contributed by atoms with Crippen molar-refractivity contribution in [2.75, 3.05) is 5.73 Å². The third-order valence-corrected chi connectivity index (χ3v) is 3.83. The Bertz CT molecular complexity index is 964. The average Bonchev–Trinajstić information content (AvgIpc) is 2.62. The van der Waals surface area contributed by atoms with E-state index in [-0.39, 0.29) is 0 Å². The minimum Gasteiger partial charge on any atom is -0.398 e. The molecule has 0 unspecified atom stereocenters. The lowest BCUT2D eigenvalue weighted by Gasteiger charge is -2.11. The van der Waals surface area contributed by atoms with Crippen molar-refractivity contribution >= 4 is 16.6 Å². The van der Waals surface area contributed by atoms with Crippen molar-refractivity contribution in [1.29, 1.82) is 0 Å². The molecular weight excluding hydrogens is 282 g/mol. The van der Waals surface area contributed by atoms with Crippen LogP contribution in [-0.2, 0) is 0 Å². The van der Waals surface area contributed by atoms with Gasteiger partial charge in [-0.2, -0.15) is 0 Å². The van der Waals surface area contributed by atoms with E-state index in [4.69, 9.17) is 15.7 Å². The molecule has 3 heteroatoms. The van der Waals surface area contributed by atoms with Crippen LogP contribution in [0.3, 0.4) is 0 Å². The number of nitrogens with two attached hydrogens (primary N) is 1. The smallest absolute Gasteiger partial charge is 0.160 e. The Morgan fingerprint density at radius 3 is 1.96 bits per heavy atom. The van der Waals surface area contributed by atoms with Crippen molar-refractivity contribution in [3.63, 3.8) is 0 Å². The fraction of sp³-hybridized carbons (Fsp3) is 0. The van der Waals surface area contributed by atoms with Gasteiger partial charge >= 0.3 is 0 Å². The number of benzene rings is 3. The monoisotopic (exact) mass is 297 g/mol. The molecule has 0 saturated carbocycles. The SMILES string of the molecule is Nc1cccc2nc(-c3ccccc3)nc(-c3ccccc3)c12. The Balaban J connectivity index is 2.06. The molecule has 110 valence electrons. The van der Waals surface area contributed by atoms with Gasteiger partial charge in [0.05, 0.1) is 11.2 Å². The quantitative estimate of drug-likeness (QED) is 0.552. The van der Waals surface area contributed by atoms with Crippen LogP contribution in [0.5, 0.6) is 0 Å². The third kappa shape index (κ3) is 2.42. The van der Waals surface area contributed by atoms with Crippen LogP contribution in [0.1, 0.15) is 0 Å². The van der Waals surface area contributed by atoms with Crippen LogP contribution in [0.15, 0.2) is 78.9 Å². The molecule has 3 aromatic carbocycles. The Kier molecular flexibility index (Phi) is 3.24. The molecule has 0 radical (unpaired) electrons. The van der Waals surface area contributed by atoms with Gasteiger partial charge in [-0.25, -0.2) is 9.97 Å². The van der Waals surface area contributed by atoms with Crippen LogP contribution in [0.4, 0.5) is 5.69 Å². The van der Waals surface area contributed by atoms with Crippen molar-refractivity contribution in [3.05, 3.63) is 78.9 Å². The van der Waals surface area contributed by atoms with Crippen molar-refractivity contribution in [1.82, 2.24) is 9.97 Å². The summed E-state index contributed by atoms with van der Waals surface area (Å²) in [6.45, 7) is 0. The second-order valence-electron chi connectivity index (χ2n) is 5.37. The number of rotatable bonds is 2. The first kappa shape index (κ1) is 13.5. The summed E-state index contributed by atoms with van der Waals surface area (Å²) in [5.41, 5.74) is 10.7. The summed E-state index contributed by atoms with van der Waals surface area (Å²) in [5.74, 6) is 0.711. The van der Waals surface area contributed by atoms with Gasteiger partial charge in [-0.15, -0.1) is 0 Å². The number of hydrogen-bond acceptors (Lipinski definition) is 3. The van der Waals surface area contributed by atoms with Crippen molar-refractivity contribution < 1.29 is 0 Å². The zero-order valence-electron chi connectivity index (χ0n) is 12.5. The Morgan fingerprint density at radius 1 is 0.609 bits per heavy atom. The van der Waals surface area contributed by atoms with Gasteiger partial charge in [0, 0.05) is 22.2 Å². The average molecular weight is 297 g/mol. The predicted octanol–water partition coefficient (Wildman–Crippen LogP) is 4.55. The van der Waals surface area contributed by atoms with E-state index in [0.717, 1.165) is 27.7 Å². The van der Waals surface area contributed by atoms with E-state index in [0.29, 0.717) is 11.5 Å². The van der Waals surface area contributed by atoms with Gasteiger partial charge in [-0.3, -0.25) is 0 Å². The van der Waals surface area contributed by atoms with Crippen molar-refractivity contribution in [3.8, 4) is 22.6 Å². The van der Waals surface area contributed by atoms with E-state index in [2.05, 4.69) is 0 Å². The number of hydrogen-bond donors (Lipinski definition) is 1. The summed E-state index contributed by atoms with van der Waals surface area (Å²) >= 11 is 0. The maximum Gasteiger partial charge on any atom is 0.160 e. The predicted molar refractivity (Wildman–Crippen MR) is 94.8 cm³/mol. The number of nitrogens with zero attached hydrogens (tertiary/aromatic N) is 2. The maximum absolute atomic E-state index is 6.20. The normalized spacial score (nSPS) is 10.8. The van der Waals surface area contributed by atoms with Crippen LogP contribution in [-0.4, -0.2) is 9.97 Å². The van der Waals surface area contributed by atoms with Crippen LogP contribution in [0.25, 0.3) is 33.5 Å². The summed E-state index contributed by atoms with van der Waals surface area (Å²) in [4.78, 5) is 9.51. The fourth-order valence-corrected chi connectivity index (χ4v) is 2.73. The van der Waals surface area contributed by atoms with Gasteiger partial charge in [0.1, 0.15) is 0 Å². The fourth-order valence-electron chi connectivity index (χ4n) is 2.73. The molecule has 0 atom stereocenters. The molecule has 4 aromatic rings. The van der Waals surface area contributed by atoms with Crippen LogP contribution >= 0.6 is 0 Å². The molecule has 4 rings (SSSR count). The standard InChI is InChI=1S/C20H15N3/c21-16-12-7-13-17-18(16)19(14-8-3-1-4-9-14)23-20(22-17)15-10-5-2-6-11-15/h1-13H,21H2. The molecule has 2 N–H and O–H groups in total. The van der Waals surface area contributed by atoms with Crippen molar-refractivity contribution in [2.45, 2.75) is 0 Å². The highest BCUT2D eigenvalue weighted by Gasteiger charge is 2.13. The molecular formula is C20H15N3. The number of fused-ring (bicyclic) bond motifs is 1. The van der Waals surface area contributed by atoms with E-state index in [1.165, 1.54) is 0 Å². The van der Waals surface area contributed by atoms with Gasteiger partial charge in [-0.05, 0) is 12.1 Å². The lowest BCUT2D eigenvalue weighted by Crippen LogP contribution is -1.98. The lowest BCUT2D eigenvalue weighted by atomic mass is 10.0. The van der Waals surface area contributed by atoms with E-state index in [1.54, 1.807) is 0 Å². The first-order valence-electron chi connectivity index (χ1n) is 7.50. The summed E-state index contributed by atoms with van der Waals surface area (Å²) in [5, 5.41) is 0.901. The molecule has 0 bridgehead atoms. The topological polar surface area (TPSA) is 51.8 Å². The van der Waals surface area contributed by atoms with Gasteiger partial charge in [0.2, 0.25) is 0 Å². The number of nitrogen functional groups attached to an aromatic ring is 1. The van der Waals surface area contributed by atoms with E-state index >= 15 is 0 Å². The molecule has 1 heterocycles. The van der Waals surface area contributed by atoms with Gasteiger partial charge < -0.3 is 5.73 Å². The van der Waals surface area contributed by atoms with Crippen molar-refractivity contribution in [2.24, 2.45) is 0 Å². The first-order chi connectivity index (χ1) is 11.3. The zero-order valence-corrected chi connectivity index (χ0v) is 12.5. The third-order valence-electron chi connectivity index (χ3n) is 3.83. The molecule has 0 aliphatic carbocycles. The molecule has 23 heavy (non-hydrogen) atoms. The number of aromatic nitrogens is 2. The minimum atomic E-state index is 0.695. The summed E-state index contributed by atoms with van der Waals surface area (Å²) in [6, 6.07) is 25.9. The van der Waals surface area contributed by atoms with E-state index in [9.17, 15) is 0 Å². The van der Waals surface area contributed by atoms with E-state index < -0.39 is 0 Å². The van der Waals surface area contributed by atoms with Crippen LogP contribution in [0, 0.1) is 0 Å². The second-order valence-corrected chi connectivity index (χ2v) is 5.37. The largest absolute Gasteiger partial charge is 0.398 e. The minimum absolute atomic E-state index is 0.695. The molecule has 1 aromatic heterocycles. The second kappa shape index (κ2) is 5.54. The van der Waals surface area contributed by atoms with Crippen LogP contribution < -0.4 is 5.73 Å². The number of anilines is 1. The zero-order chi connectivity index (χ0) is 15.6. The molecule has 0 spiro atoms. The molecule has 0 saturated heterocycles. The summed E-state index contributed by atoms with van der Waals surface area (Å²) in [7, 11) is 0. The van der Waals surface area contributed by atoms with Gasteiger partial charge in [0.15, 0.2) is 5.82 Å². The maximum atomic E-state index is 6.20. The summed E-state index contributed by atoms with van der Waals surface area (Å²) < 4.78 is 0. The highest BCUT2D eigenvalue weighted by atomic mass is 14.9. The van der Waals surface area contributed by atoms with Gasteiger partial charge in [-0.1, -0.05) is 66.7 Å². The highest BCUT2D eigenvalue weighted by molar-refractivity contribution is 6.01. The first-order valence-corrected chi connectivity index (χ1v) is 7.50. The molecule has 0 aliphatic rings. The molecule has 0 aliphatic heterocycles. The lowest BCUT2D eigenvalue weighted by molar-refractivity contribution is 1.23. The van der Waals surface area contributed by atoms with Crippen LogP contribution in [0.2, 0.25) is 0 Å². The molecule has 0 amide bonds. The molecule has 0 fully saturated rings. The Morgan fingerprint density at radius 2 is 1.26 bits per heavy atom. The van der Waals surface area contributed by atoms with E-state index in [1.807, 2.05) is 78.9 Å². The Hall–Kier alpha value is -3.20. The molecule has 3 nitrogen and oxygen atoms in total. The van der Waals surface area contributed by atoms with Gasteiger partial charge in [0.25, 0.3) is 0 Å². The summed E-state index contributed by atoms with van der Waals surface area (Å²) in [6.07, 6.45) is 0. The highest BCUT2D eigenvalue weighted by Crippen LogP contribution is 2.32.